The second-order valence-electron chi connectivity index (χ2n) is 8.41. The third kappa shape index (κ3) is 3.83. The first-order chi connectivity index (χ1) is 13.9. The lowest BCUT2D eigenvalue weighted by Gasteiger charge is -2.40. The van der Waals surface area contributed by atoms with Crippen molar-refractivity contribution in [3.8, 4) is 11.1 Å². The molecule has 0 bridgehead atoms. The van der Waals surface area contributed by atoms with Crippen LogP contribution in [0.1, 0.15) is 32.9 Å². The minimum Gasteiger partial charge on any atom is -0.462 e. The minimum absolute atomic E-state index is 0.0196. The number of aromatic nitrogens is 1. The molecule has 1 saturated heterocycles. The molecular formula is C24H25Cl2NO2. The molecule has 4 rings (SSSR count). The van der Waals surface area contributed by atoms with Crippen molar-refractivity contribution in [1.82, 2.24) is 4.98 Å². The average Bonchev–Trinajstić information content (AvgIpc) is 2.98. The van der Waals surface area contributed by atoms with E-state index in [0.717, 1.165) is 23.2 Å². The zero-order valence-corrected chi connectivity index (χ0v) is 18.3. The number of fused-ring (bicyclic) bond motifs is 1. The first-order valence-electron chi connectivity index (χ1n) is 10.2. The van der Waals surface area contributed by atoms with Crippen LogP contribution in [0.4, 0.5) is 0 Å². The molecule has 1 aromatic carbocycles. The molecule has 6 atom stereocenters. The number of carbonyl (C=O) groups excluding carboxylic acids is 1. The van der Waals surface area contributed by atoms with Gasteiger partial charge in [-0.05, 0) is 49.3 Å². The number of nitrogens with zero attached hydrogens (tertiary/aromatic N) is 1. The summed E-state index contributed by atoms with van der Waals surface area (Å²) in [5, 5.41) is 1.07. The van der Waals surface area contributed by atoms with Crippen LogP contribution in [0, 0.1) is 29.6 Å². The molecule has 0 spiro atoms. The van der Waals surface area contributed by atoms with Crippen LogP contribution in [0.2, 0.25) is 10.0 Å². The molecule has 0 amide bonds. The van der Waals surface area contributed by atoms with Crippen LogP contribution in [0.15, 0.2) is 42.6 Å². The maximum Gasteiger partial charge on any atom is 0.309 e. The van der Waals surface area contributed by atoms with Crippen molar-refractivity contribution >= 4 is 35.2 Å². The number of carbonyl (C=O) groups is 1. The van der Waals surface area contributed by atoms with Gasteiger partial charge in [0.05, 0.1) is 21.7 Å². The summed E-state index contributed by atoms with van der Waals surface area (Å²) in [5.41, 5.74) is 2.68. The lowest BCUT2D eigenvalue weighted by Crippen LogP contribution is -2.39. The molecule has 2 fully saturated rings. The van der Waals surface area contributed by atoms with Crippen molar-refractivity contribution in [2.45, 2.75) is 33.3 Å². The first-order valence-corrected chi connectivity index (χ1v) is 10.9. The highest BCUT2D eigenvalue weighted by molar-refractivity contribution is 6.43. The summed E-state index contributed by atoms with van der Waals surface area (Å²) in [5.74, 6) is 1.52. The molecule has 1 aromatic heterocycles. The molecule has 0 unspecified atom stereocenters. The number of rotatable bonds is 3. The standard InChI is InChI=1S/C24H25Cl2NO2/c1-13-11-20-22(15(3)29-24(20)28)18(14(13)2)10-9-17-8-7-16(12-27-17)19-5-4-6-21(25)23(19)26/h4-10,12-15,18,20,22H,11H2,1-3H3/t13-,14+,15+,18-,20+,22-/m0/s1. The summed E-state index contributed by atoms with van der Waals surface area (Å²) >= 11 is 12.4. The van der Waals surface area contributed by atoms with Crippen molar-refractivity contribution in [3.63, 3.8) is 0 Å². The van der Waals surface area contributed by atoms with E-state index in [4.69, 9.17) is 27.9 Å². The third-order valence-electron chi connectivity index (χ3n) is 6.72. The van der Waals surface area contributed by atoms with E-state index in [1.54, 1.807) is 6.07 Å². The van der Waals surface area contributed by atoms with E-state index in [2.05, 4.69) is 31.0 Å². The van der Waals surface area contributed by atoms with E-state index in [1.807, 2.05) is 37.4 Å². The number of allylic oxidation sites excluding steroid dienone is 1. The Hall–Kier alpha value is -1.84. The van der Waals surface area contributed by atoms with Crippen LogP contribution in [-0.2, 0) is 9.53 Å². The Bertz CT molecular complexity index is 940. The monoisotopic (exact) mass is 429 g/mol. The van der Waals surface area contributed by atoms with E-state index >= 15 is 0 Å². The Labute approximate surface area is 182 Å². The van der Waals surface area contributed by atoms with Crippen LogP contribution < -0.4 is 0 Å². The van der Waals surface area contributed by atoms with Crippen LogP contribution in [0.3, 0.4) is 0 Å². The van der Waals surface area contributed by atoms with E-state index < -0.39 is 0 Å². The molecule has 2 aliphatic rings. The Morgan fingerprint density at radius 1 is 1.14 bits per heavy atom. The maximum atomic E-state index is 12.2. The van der Waals surface area contributed by atoms with Crippen molar-refractivity contribution in [2.24, 2.45) is 29.6 Å². The summed E-state index contributed by atoms with van der Waals surface area (Å²) in [6.45, 7) is 6.54. The summed E-state index contributed by atoms with van der Waals surface area (Å²) in [4.78, 5) is 16.8. The zero-order chi connectivity index (χ0) is 20.7. The van der Waals surface area contributed by atoms with E-state index in [9.17, 15) is 4.79 Å². The summed E-state index contributed by atoms with van der Waals surface area (Å²) < 4.78 is 5.56. The summed E-state index contributed by atoms with van der Waals surface area (Å²) in [6, 6.07) is 9.58. The lowest BCUT2D eigenvalue weighted by atomic mass is 9.62. The molecule has 1 aliphatic carbocycles. The Balaban J connectivity index is 1.56. The van der Waals surface area contributed by atoms with Gasteiger partial charge in [-0.25, -0.2) is 0 Å². The van der Waals surface area contributed by atoms with Gasteiger partial charge < -0.3 is 4.74 Å². The van der Waals surface area contributed by atoms with Crippen molar-refractivity contribution in [2.75, 3.05) is 0 Å². The van der Waals surface area contributed by atoms with Gasteiger partial charge in [-0.1, -0.05) is 61.3 Å². The van der Waals surface area contributed by atoms with E-state index in [1.165, 1.54) is 0 Å². The normalized spacial score (nSPS) is 31.7. The first kappa shape index (κ1) is 20.4. The zero-order valence-electron chi connectivity index (χ0n) is 16.8. The van der Waals surface area contributed by atoms with Gasteiger partial charge in [0.25, 0.3) is 0 Å². The number of benzene rings is 1. The predicted molar refractivity (Wildman–Crippen MR) is 118 cm³/mol. The van der Waals surface area contributed by atoms with E-state index in [0.29, 0.717) is 27.8 Å². The molecule has 2 aromatic rings. The number of halogens is 2. The van der Waals surface area contributed by atoms with Gasteiger partial charge >= 0.3 is 5.97 Å². The van der Waals surface area contributed by atoms with Gasteiger partial charge in [0.15, 0.2) is 0 Å². The van der Waals surface area contributed by atoms with Gasteiger partial charge in [-0.15, -0.1) is 0 Å². The highest BCUT2D eigenvalue weighted by Gasteiger charge is 2.51. The second kappa shape index (κ2) is 8.12. The smallest absolute Gasteiger partial charge is 0.309 e. The summed E-state index contributed by atoms with van der Waals surface area (Å²) in [7, 11) is 0. The highest BCUT2D eigenvalue weighted by Crippen LogP contribution is 2.49. The van der Waals surface area contributed by atoms with Gasteiger partial charge in [-0.3, -0.25) is 9.78 Å². The molecule has 0 radical (unpaired) electrons. The van der Waals surface area contributed by atoms with Gasteiger partial charge in [0.2, 0.25) is 0 Å². The second-order valence-corrected chi connectivity index (χ2v) is 9.19. The fourth-order valence-electron chi connectivity index (χ4n) is 4.92. The van der Waals surface area contributed by atoms with Gasteiger partial charge in [0, 0.05) is 23.2 Å². The van der Waals surface area contributed by atoms with Crippen LogP contribution >= 0.6 is 23.2 Å². The molecule has 1 saturated carbocycles. The fraction of sp³-hybridized carbons (Fsp3) is 0.417. The Morgan fingerprint density at radius 2 is 1.93 bits per heavy atom. The number of cyclic esters (lactones) is 1. The molecule has 0 N–H and O–H groups in total. The number of hydrogen-bond donors (Lipinski definition) is 0. The minimum atomic E-state index is -0.0302. The SMILES string of the molecule is C[C@H]1[C@H](C=Cc2ccc(-c3cccc(Cl)c3Cl)cn2)[C@@H]2[C@@H](C)OC(=O)[C@@H]2C[C@@H]1C. The van der Waals surface area contributed by atoms with Crippen molar-refractivity contribution in [1.29, 1.82) is 0 Å². The molecule has 1 aliphatic heterocycles. The Kier molecular flexibility index (Phi) is 5.72. The quantitative estimate of drug-likeness (QED) is 0.519. The molecule has 152 valence electrons. The van der Waals surface area contributed by atoms with Gasteiger partial charge in [-0.2, -0.15) is 0 Å². The van der Waals surface area contributed by atoms with Crippen LogP contribution in [0.25, 0.3) is 17.2 Å². The number of ether oxygens (including phenoxy) is 1. The summed E-state index contributed by atoms with van der Waals surface area (Å²) in [6.07, 6.45) is 7.00. The van der Waals surface area contributed by atoms with E-state index in [-0.39, 0.29) is 23.9 Å². The Morgan fingerprint density at radius 3 is 2.66 bits per heavy atom. The van der Waals surface area contributed by atoms with Crippen molar-refractivity contribution < 1.29 is 9.53 Å². The lowest BCUT2D eigenvalue weighted by molar-refractivity contribution is -0.144. The number of esters is 1. The maximum absolute atomic E-state index is 12.2. The molecule has 2 heterocycles. The number of pyridine rings is 1. The van der Waals surface area contributed by atoms with Crippen LogP contribution in [-0.4, -0.2) is 17.1 Å². The van der Waals surface area contributed by atoms with Gasteiger partial charge in [0.1, 0.15) is 6.10 Å². The van der Waals surface area contributed by atoms with Crippen LogP contribution in [0.5, 0.6) is 0 Å². The van der Waals surface area contributed by atoms with Crippen molar-refractivity contribution in [3.05, 3.63) is 58.3 Å². The third-order valence-corrected chi connectivity index (χ3v) is 7.54. The fourth-order valence-corrected chi connectivity index (χ4v) is 5.33. The predicted octanol–water partition coefficient (Wildman–Crippen LogP) is 6.54. The topological polar surface area (TPSA) is 39.2 Å². The largest absolute Gasteiger partial charge is 0.462 e. The molecule has 5 heteroatoms. The molecule has 29 heavy (non-hydrogen) atoms. The average molecular weight is 430 g/mol. The molecule has 3 nitrogen and oxygen atoms in total. The highest BCUT2D eigenvalue weighted by atomic mass is 35.5. The molecular weight excluding hydrogens is 405 g/mol. The number of hydrogen-bond acceptors (Lipinski definition) is 3.